The lowest BCUT2D eigenvalue weighted by atomic mass is 9.42. The summed E-state index contributed by atoms with van der Waals surface area (Å²) >= 11 is 2.03. The number of benzene rings is 7. The van der Waals surface area contributed by atoms with Crippen LogP contribution in [0.5, 0.6) is 0 Å². The fraction of sp³-hybridized carbons (Fsp3) is 0.310. The smallest absolute Gasteiger partial charge is 0.0604 e. The van der Waals surface area contributed by atoms with Crippen molar-refractivity contribution in [3.05, 3.63) is 174 Å². The normalized spacial score (nSPS) is 25.1. The number of hydrogen-bond acceptors (Lipinski definition) is 2. The number of hydrogen-bond donors (Lipinski definition) is 0. The Morgan fingerprint density at radius 3 is 1.70 bits per heavy atom. The predicted octanol–water partition coefficient (Wildman–Crippen LogP) is 16.2. The molecule has 0 unspecified atom stereocenters. The van der Waals surface area contributed by atoms with E-state index in [1.807, 2.05) is 11.8 Å². The Kier molecular flexibility index (Phi) is 8.26. The van der Waals surface area contributed by atoms with Crippen LogP contribution in [0.1, 0.15) is 94.9 Å². The van der Waals surface area contributed by atoms with Crippen LogP contribution in [0.4, 0.5) is 17.1 Å². The van der Waals surface area contributed by atoms with Gasteiger partial charge in [-0.25, -0.2) is 0 Å². The van der Waals surface area contributed by atoms with Gasteiger partial charge in [-0.1, -0.05) is 143 Å². The van der Waals surface area contributed by atoms with Crippen molar-refractivity contribution in [2.75, 3.05) is 4.90 Å². The molecule has 7 aromatic carbocycles. The molecule has 0 saturated heterocycles. The van der Waals surface area contributed by atoms with Gasteiger partial charge in [-0.15, -0.1) is 0 Å². The van der Waals surface area contributed by atoms with E-state index in [-0.39, 0.29) is 16.2 Å². The molecular formula is C58H55NS. The molecule has 4 bridgehead atoms. The van der Waals surface area contributed by atoms with Crippen molar-refractivity contribution in [2.45, 2.75) is 98.7 Å². The topological polar surface area (TPSA) is 3.24 Å². The highest BCUT2D eigenvalue weighted by Crippen LogP contribution is 2.69. The highest BCUT2D eigenvalue weighted by Gasteiger charge is 2.61. The maximum atomic E-state index is 2.62. The molecule has 2 heteroatoms. The maximum Gasteiger partial charge on any atom is 0.0604 e. The summed E-state index contributed by atoms with van der Waals surface area (Å²) in [5, 5.41) is 2.54. The molecule has 1 heterocycles. The van der Waals surface area contributed by atoms with E-state index in [2.05, 4.69) is 184 Å². The Morgan fingerprint density at radius 2 is 1.02 bits per heavy atom. The molecule has 0 radical (unpaired) electrons. The Morgan fingerprint density at radius 1 is 0.450 bits per heavy atom. The molecule has 1 nitrogen and oxygen atoms in total. The fourth-order valence-electron chi connectivity index (χ4n) is 13.3. The third-order valence-corrected chi connectivity index (χ3v) is 17.4. The zero-order valence-electron chi connectivity index (χ0n) is 35.5. The van der Waals surface area contributed by atoms with Gasteiger partial charge in [-0.3, -0.25) is 0 Å². The molecule has 0 amide bonds. The van der Waals surface area contributed by atoms with E-state index >= 15 is 0 Å². The first-order chi connectivity index (χ1) is 29.2. The van der Waals surface area contributed by atoms with Crippen LogP contribution in [0.15, 0.2) is 161 Å². The SMILES string of the molecule is CC1(C)CCC(C)(C)c2cc(N(c3ccc(-c4ccc5cc(-c6ccccc6)ccc5c4)cc3)c3cccc4c3Sc3ccccc3C43C4CC5CC(C4)CC3C5)ccc21. The Hall–Kier alpha value is -5.05. The van der Waals surface area contributed by atoms with Crippen LogP contribution >= 0.6 is 11.8 Å². The summed E-state index contributed by atoms with van der Waals surface area (Å²) in [4.78, 5) is 5.56. The van der Waals surface area contributed by atoms with Crippen molar-refractivity contribution in [3.63, 3.8) is 0 Å². The van der Waals surface area contributed by atoms with Crippen LogP contribution in [0.2, 0.25) is 0 Å². The number of anilines is 3. The van der Waals surface area contributed by atoms with E-state index in [0.717, 1.165) is 23.7 Å². The molecule has 0 atom stereocenters. The summed E-state index contributed by atoms with van der Waals surface area (Å²) in [6.45, 7) is 9.81. The number of fused-ring (bicyclic) bond motifs is 4. The second-order valence-corrected chi connectivity index (χ2v) is 21.5. The molecule has 5 aliphatic carbocycles. The molecule has 4 saturated carbocycles. The highest BCUT2D eigenvalue weighted by molar-refractivity contribution is 7.99. The third kappa shape index (κ3) is 5.59. The minimum absolute atomic E-state index is 0.0932. The summed E-state index contributed by atoms with van der Waals surface area (Å²) in [5.41, 5.74) is 15.4. The van der Waals surface area contributed by atoms with Crippen LogP contribution in [0.25, 0.3) is 33.0 Å². The Bertz CT molecular complexity index is 2780. The summed E-state index contributed by atoms with van der Waals surface area (Å²) in [6, 6.07) is 58.4. The summed E-state index contributed by atoms with van der Waals surface area (Å²) < 4.78 is 0. The third-order valence-electron chi connectivity index (χ3n) is 16.2. The van der Waals surface area contributed by atoms with Crippen LogP contribution in [-0.2, 0) is 16.2 Å². The molecule has 60 heavy (non-hydrogen) atoms. The minimum atomic E-state index is 0.0932. The van der Waals surface area contributed by atoms with Gasteiger partial charge in [-0.2, -0.15) is 0 Å². The van der Waals surface area contributed by atoms with E-state index in [9.17, 15) is 0 Å². The standard InChI is InChI=1S/C58H55NS/c1-56(2)27-28-57(3,4)52-36-48(25-26-49(52)56)59(47-23-21-40(22-24-47)42-18-20-43-34-41(17-19-44(43)35-42)39-11-6-5-7-12-39)53-15-10-14-51-55(53)60-54-16-9-8-13-50(54)58(51)45-30-37-29-38(32-45)33-46(58)31-37/h5-26,34-38,45-46H,27-33H2,1-4H3. The predicted molar refractivity (Wildman–Crippen MR) is 253 cm³/mol. The van der Waals surface area contributed by atoms with Crippen LogP contribution in [-0.4, -0.2) is 0 Å². The summed E-state index contributed by atoms with van der Waals surface area (Å²) in [6.07, 6.45) is 9.44. The Labute approximate surface area is 361 Å². The molecule has 298 valence electrons. The lowest BCUT2D eigenvalue weighted by molar-refractivity contribution is -0.0443. The molecular weight excluding hydrogens is 743 g/mol. The van der Waals surface area contributed by atoms with Crippen molar-refractivity contribution >= 4 is 39.6 Å². The average molecular weight is 798 g/mol. The van der Waals surface area contributed by atoms with Gasteiger partial charge in [0.15, 0.2) is 0 Å². The van der Waals surface area contributed by atoms with Gasteiger partial charge in [0.2, 0.25) is 0 Å². The van der Waals surface area contributed by atoms with E-state index in [0.29, 0.717) is 0 Å². The van der Waals surface area contributed by atoms with E-state index < -0.39 is 0 Å². The maximum absolute atomic E-state index is 2.62. The second kappa shape index (κ2) is 13.5. The molecule has 4 fully saturated rings. The Balaban J connectivity index is 1.00. The van der Waals surface area contributed by atoms with E-state index in [1.165, 1.54) is 116 Å². The minimum Gasteiger partial charge on any atom is -0.309 e. The van der Waals surface area contributed by atoms with Crippen molar-refractivity contribution in [3.8, 4) is 22.3 Å². The largest absolute Gasteiger partial charge is 0.309 e. The van der Waals surface area contributed by atoms with E-state index in [1.54, 1.807) is 11.1 Å². The molecule has 0 aromatic heterocycles. The molecule has 1 aliphatic heterocycles. The van der Waals surface area contributed by atoms with E-state index in [4.69, 9.17) is 0 Å². The molecule has 6 aliphatic rings. The highest BCUT2D eigenvalue weighted by atomic mass is 32.2. The van der Waals surface area contributed by atoms with Gasteiger partial charge in [0, 0.05) is 26.6 Å². The van der Waals surface area contributed by atoms with Crippen LogP contribution in [0, 0.1) is 23.7 Å². The van der Waals surface area contributed by atoms with Crippen molar-refractivity contribution in [1.29, 1.82) is 0 Å². The van der Waals surface area contributed by atoms with Crippen molar-refractivity contribution in [1.82, 2.24) is 0 Å². The lowest BCUT2D eigenvalue weighted by Gasteiger charge is -2.63. The van der Waals surface area contributed by atoms with Crippen LogP contribution < -0.4 is 4.90 Å². The first-order valence-electron chi connectivity index (χ1n) is 22.7. The molecule has 13 rings (SSSR count). The molecule has 7 aromatic rings. The van der Waals surface area contributed by atoms with Gasteiger partial charge in [0.05, 0.1) is 5.69 Å². The monoisotopic (exact) mass is 797 g/mol. The van der Waals surface area contributed by atoms with Gasteiger partial charge in [-0.05, 0) is 183 Å². The lowest BCUT2D eigenvalue weighted by Crippen LogP contribution is -2.57. The summed E-state index contributed by atoms with van der Waals surface area (Å²) in [5.74, 6) is 3.27. The van der Waals surface area contributed by atoms with Crippen molar-refractivity contribution < 1.29 is 0 Å². The molecule has 0 N–H and O–H groups in total. The first kappa shape index (κ1) is 36.8. The summed E-state index contributed by atoms with van der Waals surface area (Å²) in [7, 11) is 0. The van der Waals surface area contributed by atoms with Gasteiger partial charge < -0.3 is 4.90 Å². The van der Waals surface area contributed by atoms with Gasteiger partial charge in [0.25, 0.3) is 0 Å². The second-order valence-electron chi connectivity index (χ2n) is 20.4. The number of nitrogens with zero attached hydrogens (tertiary/aromatic N) is 1. The number of rotatable bonds is 5. The van der Waals surface area contributed by atoms with Gasteiger partial charge >= 0.3 is 0 Å². The molecule has 1 spiro atoms. The first-order valence-corrected chi connectivity index (χ1v) is 23.5. The zero-order valence-corrected chi connectivity index (χ0v) is 36.4. The average Bonchev–Trinajstić information content (AvgIpc) is 3.27. The van der Waals surface area contributed by atoms with Crippen LogP contribution in [0.3, 0.4) is 0 Å². The fourth-order valence-corrected chi connectivity index (χ4v) is 14.6. The van der Waals surface area contributed by atoms with Crippen molar-refractivity contribution in [2.24, 2.45) is 23.7 Å². The quantitative estimate of drug-likeness (QED) is 0.171. The zero-order chi connectivity index (χ0) is 40.4. The van der Waals surface area contributed by atoms with Gasteiger partial charge in [0.1, 0.15) is 0 Å².